The van der Waals surface area contributed by atoms with Gasteiger partial charge in [0, 0.05) is 11.8 Å². The van der Waals surface area contributed by atoms with E-state index in [1.165, 1.54) is 0 Å². The molecule has 12 heavy (non-hydrogen) atoms. The third kappa shape index (κ3) is 1.92. The van der Waals surface area contributed by atoms with Crippen LogP contribution in [0.5, 0.6) is 5.75 Å². The Morgan fingerprint density at radius 3 is 2.83 bits per heavy atom. The summed E-state index contributed by atoms with van der Waals surface area (Å²) < 4.78 is 5.24. The largest absolute Gasteiger partial charge is 0.487 e. The van der Waals surface area contributed by atoms with Crippen molar-refractivity contribution in [3.63, 3.8) is 0 Å². The van der Waals surface area contributed by atoms with E-state index >= 15 is 0 Å². The zero-order chi connectivity index (χ0) is 8.97. The van der Waals surface area contributed by atoms with Crippen LogP contribution in [0.3, 0.4) is 0 Å². The molecule has 0 spiro atoms. The first-order chi connectivity index (χ1) is 5.74. The van der Waals surface area contributed by atoms with E-state index in [0.717, 1.165) is 0 Å². The van der Waals surface area contributed by atoms with Gasteiger partial charge in [0.2, 0.25) is 0 Å². The minimum atomic E-state index is 0.438. The van der Waals surface area contributed by atoms with Crippen molar-refractivity contribution in [3.05, 3.63) is 30.9 Å². The highest BCUT2D eigenvalue weighted by molar-refractivity contribution is 5.59. The van der Waals surface area contributed by atoms with Crippen LogP contribution in [0.2, 0.25) is 0 Å². The summed E-state index contributed by atoms with van der Waals surface area (Å²) in [5, 5.41) is 0. The van der Waals surface area contributed by atoms with Gasteiger partial charge >= 0.3 is 0 Å². The lowest BCUT2D eigenvalue weighted by Gasteiger charge is -2.06. The van der Waals surface area contributed by atoms with Crippen LogP contribution in [0.15, 0.2) is 30.9 Å². The minimum absolute atomic E-state index is 0.438. The first-order valence-electron chi connectivity index (χ1n) is 3.62. The molecule has 0 aliphatic rings. The van der Waals surface area contributed by atoms with Crippen LogP contribution < -0.4 is 16.2 Å². The van der Waals surface area contributed by atoms with Crippen molar-refractivity contribution < 1.29 is 4.74 Å². The zero-order valence-corrected chi connectivity index (χ0v) is 6.79. The highest BCUT2D eigenvalue weighted by atomic mass is 16.5. The molecular weight excluding hydrogens is 152 g/mol. The number of hydrogen-bond acceptors (Lipinski definition) is 3. The van der Waals surface area contributed by atoms with E-state index in [-0.39, 0.29) is 0 Å². The molecule has 0 aliphatic heterocycles. The molecule has 0 saturated heterocycles. The highest BCUT2D eigenvalue weighted by Crippen LogP contribution is 2.23. The van der Waals surface area contributed by atoms with Gasteiger partial charge in [-0.05, 0) is 12.1 Å². The Bertz CT molecular complexity index is 284. The molecule has 0 unspecified atom stereocenters. The van der Waals surface area contributed by atoms with Crippen LogP contribution in [-0.2, 0) is 0 Å². The Hall–Kier alpha value is -1.64. The number of nitrogen functional groups attached to an aromatic ring is 2. The first-order valence-corrected chi connectivity index (χ1v) is 3.62. The van der Waals surface area contributed by atoms with Gasteiger partial charge in [0.25, 0.3) is 0 Å². The van der Waals surface area contributed by atoms with E-state index in [9.17, 15) is 0 Å². The summed E-state index contributed by atoms with van der Waals surface area (Å²) >= 11 is 0. The Morgan fingerprint density at radius 2 is 2.17 bits per heavy atom. The number of anilines is 2. The molecule has 3 nitrogen and oxygen atoms in total. The van der Waals surface area contributed by atoms with Crippen molar-refractivity contribution in [2.45, 2.75) is 0 Å². The Balaban J connectivity index is 2.82. The lowest BCUT2D eigenvalue weighted by atomic mass is 10.2. The number of rotatable bonds is 3. The van der Waals surface area contributed by atoms with Crippen LogP contribution in [0, 0.1) is 0 Å². The molecule has 0 aromatic heterocycles. The zero-order valence-electron chi connectivity index (χ0n) is 6.79. The second-order valence-electron chi connectivity index (χ2n) is 2.40. The van der Waals surface area contributed by atoms with Gasteiger partial charge in [0.05, 0.1) is 5.69 Å². The van der Waals surface area contributed by atoms with Crippen molar-refractivity contribution in [3.8, 4) is 5.75 Å². The Morgan fingerprint density at radius 1 is 1.42 bits per heavy atom. The van der Waals surface area contributed by atoms with Gasteiger partial charge < -0.3 is 16.2 Å². The molecule has 0 heterocycles. The highest BCUT2D eigenvalue weighted by Gasteiger charge is 1.98. The molecule has 0 atom stereocenters. The van der Waals surface area contributed by atoms with E-state index in [4.69, 9.17) is 16.2 Å². The molecule has 0 bridgehead atoms. The van der Waals surface area contributed by atoms with Crippen molar-refractivity contribution in [2.75, 3.05) is 18.1 Å². The van der Waals surface area contributed by atoms with Crippen molar-refractivity contribution in [1.29, 1.82) is 0 Å². The topological polar surface area (TPSA) is 61.3 Å². The van der Waals surface area contributed by atoms with E-state index < -0.39 is 0 Å². The van der Waals surface area contributed by atoms with Crippen molar-refractivity contribution >= 4 is 11.4 Å². The maximum absolute atomic E-state index is 5.62. The van der Waals surface area contributed by atoms with E-state index in [1.807, 2.05) is 0 Å². The van der Waals surface area contributed by atoms with Gasteiger partial charge in [-0.25, -0.2) is 0 Å². The maximum atomic E-state index is 5.62. The van der Waals surface area contributed by atoms with E-state index in [1.54, 1.807) is 24.3 Å². The molecule has 1 rings (SSSR count). The van der Waals surface area contributed by atoms with Gasteiger partial charge in [-0.3, -0.25) is 0 Å². The summed E-state index contributed by atoms with van der Waals surface area (Å²) in [6.45, 7) is 3.97. The maximum Gasteiger partial charge on any atom is 0.144 e. The van der Waals surface area contributed by atoms with E-state index in [0.29, 0.717) is 23.7 Å². The average Bonchev–Trinajstić information content (AvgIpc) is 2.07. The van der Waals surface area contributed by atoms with Crippen LogP contribution >= 0.6 is 0 Å². The molecule has 3 heteroatoms. The third-order valence-corrected chi connectivity index (χ3v) is 1.39. The van der Waals surface area contributed by atoms with Gasteiger partial charge in [0.1, 0.15) is 12.4 Å². The summed E-state index contributed by atoms with van der Waals surface area (Å²) in [5.41, 5.74) is 12.4. The summed E-state index contributed by atoms with van der Waals surface area (Å²) in [6.07, 6.45) is 1.66. The summed E-state index contributed by atoms with van der Waals surface area (Å²) in [4.78, 5) is 0. The van der Waals surface area contributed by atoms with Crippen LogP contribution in [0.25, 0.3) is 0 Å². The first kappa shape index (κ1) is 8.46. The second kappa shape index (κ2) is 3.67. The van der Waals surface area contributed by atoms with Crippen molar-refractivity contribution in [1.82, 2.24) is 0 Å². The fourth-order valence-electron chi connectivity index (χ4n) is 0.825. The quantitative estimate of drug-likeness (QED) is 0.524. The predicted octanol–water partition coefficient (Wildman–Crippen LogP) is 1.42. The monoisotopic (exact) mass is 164 g/mol. The predicted molar refractivity (Wildman–Crippen MR) is 51.0 cm³/mol. The van der Waals surface area contributed by atoms with Gasteiger partial charge in [-0.1, -0.05) is 12.7 Å². The fraction of sp³-hybridized carbons (Fsp3) is 0.111. The number of ether oxygens (including phenoxy) is 1. The lowest BCUT2D eigenvalue weighted by Crippen LogP contribution is -1.98. The molecule has 64 valence electrons. The van der Waals surface area contributed by atoms with Crippen molar-refractivity contribution in [2.24, 2.45) is 0 Å². The number of hydrogen-bond donors (Lipinski definition) is 2. The molecule has 1 aromatic carbocycles. The van der Waals surface area contributed by atoms with Crippen LogP contribution in [0.4, 0.5) is 11.4 Å². The molecule has 4 N–H and O–H groups in total. The van der Waals surface area contributed by atoms with Crippen LogP contribution in [-0.4, -0.2) is 6.61 Å². The molecule has 0 fully saturated rings. The minimum Gasteiger partial charge on any atom is -0.487 e. The van der Waals surface area contributed by atoms with Gasteiger partial charge in [0.15, 0.2) is 0 Å². The normalized spacial score (nSPS) is 9.33. The molecule has 0 saturated carbocycles. The third-order valence-electron chi connectivity index (χ3n) is 1.39. The molecule has 1 aromatic rings. The average molecular weight is 164 g/mol. The fourth-order valence-corrected chi connectivity index (χ4v) is 0.825. The Labute approximate surface area is 71.6 Å². The van der Waals surface area contributed by atoms with Crippen LogP contribution in [0.1, 0.15) is 0 Å². The lowest BCUT2D eigenvalue weighted by molar-refractivity contribution is 0.365. The molecular formula is C9H12N2O. The standard InChI is InChI=1S/C9H12N2O/c1-2-5-12-9-6-7(10)3-4-8(9)11/h2-4,6H,1,5,10-11H2. The number of benzene rings is 1. The summed E-state index contributed by atoms with van der Waals surface area (Å²) in [6, 6.07) is 5.14. The SMILES string of the molecule is C=CCOc1cc(N)ccc1N. The Kier molecular flexibility index (Phi) is 2.58. The second-order valence-corrected chi connectivity index (χ2v) is 2.40. The smallest absolute Gasteiger partial charge is 0.144 e. The molecule has 0 amide bonds. The summed E-state index contributed by atoms with van der Waals surface area (Å²) in [5.74, 6) is 0.606. The van der Waals surface area contributed by atoms with Gasteiger partial charge in [-0.15, -0.1) is 0 Å². The molecule has 0 aliphatic carbocycles. The van der Waals surface area contributed by atoms with Gasteiger partial charge in [-0.2, -0.15) is 0 Å². The summed E-state index contributed by atoms with van der Waals surface area (Å²) in [7, 11) is 0. The number of nitrogens with two attached hydrogens (primary N) is 2. The van der Waals surface area contributed by atoms with E-state index in [2.05, 4.69) is 6.58 Å². The molecule has 0 radical (unpaired) electrons.